The summed E-state index contributed by atoms with van der Waals surface area (Å²) in [5, 5.41) is 11.1. The van der Waals surface area contributed by atoms with Gasteiger partial charge in [-0.1, -0.05) is 66.2 Å². The summed E-state index contributed by atoms with van der Waals surface area (Å²) in [6.45, 7) is 1.98. The van der Waals surface area contributed by atoms with Crippen molar-refractivity contribution in [1.29, 1.82) is 0 Å². The number of aromatic amines is 1. The molecule has 0 saturated carbocycles. The minimum absolute atomic E-state index is 0.120. The Balaban J connectivity index is 1.74. The third kappa shape index (κ3) is 3.40. The molecular weight excluding hydrogens is 418 g/mol. The Bertz CT molecular complexity index is 1510. The van der Waals surface area contributed by atoms with Crippen LogP contribution in [0.2, 0.25) is 0 Å². The van der Waals surface area contributed by atoms with Gasteiger partial charge in [0.15, 0.2) is 4.77 Å². The highest BCUT2D eigenvalue weighted by atomic mass is 32.1. The first-order valence-corrected chi connectivity index (χ1v) is 10.5. The summed E-state index contributed by atoms with van der Waals surface area (Å²) in [7, 11) is 0. The van der Waals surface area contributed by atoms with Crippen LogP contribution in [0.1, 0.15) is 22.3 Å². The second-order valence-electron chi connectivity index (χ2n) is 7.57. The van der Waals surface area contributed by atoms with Gasteiger partial charge in [-0.25, -0.2) is 4.99 Å². The van der Waals surface area contributed by atoms with Crippen molar-refractivity contribution < 1.29 is 5.11 Å². The number of allylic oxidation sites excluding steroid dienone is 1. The molecule has 1 aliphatic rings. The van der Waals surface area contributed by atoms with Crippen LogP contribution < -0.4 is 5.56 Å². The molecule has 32 heavy (non-hydrogen) atoms. The van der Waals surface area contributed by atoms with Crippen molar-refractivity contribution in [2.75, 3.05) is 0 Å². The molecule has 6 heteroatoms. The molecule has 4 aromatic rings. The van der Waals surface area contributed by atoms with Crippen LogP contribution >= 0.6 is 12.2 Å². The van der Waals surface area contributed by atoms with Gasteiger partial charge in [0.25, 0.3) is 5.56 Å². The number of aromatic hydroxyl groups is 1. The summed E-state index contributed by atoms with van der Waals surface area (Å²) in [5.74, 6) is -0.216. The molecule has 5 rings (SSSR count). The van der Waals surface area contributed by atoms with Gasteiger partial charge in [-0.05, 0) is 43.4 Å². The number of benzene rings is 3. The monoisotopic (exact) mass is 437 g/mol. The number of fused-ring (bicyclic) bond motifs is 1. The molecule has 0 amide bonds. The summed E-state index contributed by atoms with van der Waals surface area (Å²) in [6.07, 6.45) is 1.69. The molecule has 0 atom stereocenters. The zero-order chi connectivity index (χ0) is 22.2. The van der Waals surface area contributed by atoms with Gasteiger partial charge in [-0.2, -0.15) is 0 Å². The Morgan fingerprint density at radius 3 is 2.41 bits per heavy atom. The summed E-state index contributed by atoms with van der Waals surface area (Å²) in [4.78, 5) is 20.3. The molecule has 0 bridgehead atoms. The Hall–Kier alpha value is -4.03. The lowest BCUT2D eigenvalue weighted by atomic mass is 9.96. The number of para-hydroxylation sites is 1. The average Bonchev–Trinajstić information content (AvgIpc) is 3.17. The van der Waals surface area contributed by atoms with Crippen LogP contribution in [0.4, 0.5) is 5.69 Å². The molecular formula is C26H19N3O2S. The molecule has 0 unspecified atom stereocenters. The van der Waals surface area contributed by atoms with Crippen LogP contribution in [0.15, 0.2) is 88.6 Å². The highest BCUT2D eigenvalue weighted by molar-refractivity contribution is 7.71. The van der Waals surface area contributed by atoms with E-state index in [4.69, 9.17) is 17.2 Å². The molecule has 5 nitrogen and oxygen atoms in total. The van der Waals surface area contributed by atoms with Crippen LogP contribution in [0, 0.1) is 11.7 Å². The average molecular weight is 438 g/mol. The fourth-order valence-electron chi connectivity index (χ4n) is 3.82. The lowest BCUT2D eigenvalue weighted by molar-refractivity contribution is 0.432. The van der Waals surface area contributed by atoms with Gasteiger partial charge in [0, 0.05) is 16.7 Å². The Morgan fingerprint density at radius 1 is 0.969 bits per heavy atom. The number of aromatic nitrogens is 2. The zero-order valence-electron chi connectivity index (χ0n) is 17.2. The van der Waals surface area contributed by atoms with E-state index in [0.29, 0.717) is 5.69 Å². The Kier molecular flexibility index (Phi) is 4.92. The molecule has 1 aromatic heterocycles. The van der Waals surface area contributed by atoms with E-state index in [0.717, 1.165) is 33.7 Å². The third-order valence-electron chi connectivity index (χ3n) is 5.43. The number of rotatable bonds is 3. The molecule has 2 heterocycles. The summed E-state index contributed by atoms with van der Waals surface area (Å²) in [6, 6.07) is 25.1. The molecule has 0 aliphatic carbocycles. The lowest BCUT2D eigenvalue weighted by Gasteiger charge is -2.13. The highest BCUT2D eigenvalue weighted by Gasteiger charge is 2.23. The van der Waals surface area contributed by atoms with E-state index < -0.39 is 5.56 Å². The molecule has 0 fully saturated rings. The number of nitrogens with zero attached hydrogens (tertiary/aromatic N) is 2. The van der Waals surface area contributed by atoms with Crippen LogP contribution in [-0.2, 0) is 0 Å². The molecule has 0 spiro atoms. The first kappa shape index (κ1) is 19.9. The minimum Gasteiger partial charge on any atom is -0.494 e. The molecule has 156 valence electrons. The first-order valence-electron chi connectivity index (χ1n) is 10.1. The topological polar surface area (TPSA) is 70.4 Å². The second-order valence-corrected chi connectivity index (χ2v) is 7.96. The van der Waals surface area contributed by atoms with Gasteiger partial charge in [0.1, 0.15) is 5.56 Å². The van der Waals surface area contributed by atoms with E-state index in [9.17, 15) is 9.90 Å². The maximum Gasteiger partial charge on any atom is 0.262 e. The Labute approximate surface area is 189 Å². The summed E-state index contributed by atoms with van der Waals surface area (Å²) < 4.78 is 1.59. The van der Waals surface area contributed by atoms with Crippen molar-refractivity contribution >= 4 is 35.3 Å². The Morgan fingerprint density at radius 2 is 1.66 bits per heavy atom. The SMILES string of the molecule is Cc1ccc(-n2c(O)c(/C=C3/C(c4ccccc4)=Nc4ccccc43)c(=O)[nH]c2=S)cc1. The number of nitrogens with one attached hydrogen (secondary N) is 1. The smallest absolute Gasteiger partial charge is 0.262 e. The first-order chi connectivity index (χ1) is 15.5. The largest absolute Gasteiger partial charge is 0.494 e. The van der Waals surface area contributed by atoms with Crippen molar-refractivity contribution in [1.82, 2.24) is 9.55 Å². The standard InChI is InChI=1S/C26H19N3O2S/c1-16-11-13-18(14-12-16)29-25(31)21(24(30)28-26(29)32)15-20-19-9-5-6-10-22(19)27-23(20)17-7-3-2-4-8-17/h2-15,31H,1H3,(H,28,30,32)/b20-15+. The van der Waals surface area contributed by atoms with E-state index in [2.05, 4.69) is 4.98 Å². The van der Waals surface area contributed by atoms with Gasteiger partial charge in [-0.15, -0.1) is 0 Å². The summed E-state index contributed by atoms with van der Waals surface area (Å²) in [5.41, 5.74) is 5.56. The van der Waals surface area contributed by atoms with Gasteiger partial charge in [0.2, 0.25) is 5.88 Å². The van der Waals surface area contributed by atoms with E-state index in [1.807, 2.05) is 85.8 Å². The van der Waals surface area contributed by atoms with Crippen molar-refractivity contribution in [2.24, 2.45) is 4.99 Å². The van der Waals surface area contributed by atoms with E-state index in [1.165, 1.54) is 4.57 Å². The number of hydrogen-bond donors (Lipinski definition) is 2. The molecule has 0 radical (unpaired) electrons. The molecule has 2 N–H and O–H groups in total. The fourth-order valence-corrected chi connectivity index (χ4v) is 4.10. The van der Waals surface area contributed by atoms with E-state index in [-0.39, 0.29) is 16.2 Å². The quantitative estimate of drug-likeness (QED) is 0.411. The zero-order valence-corrected chi connectivity index (χ0v) is 18.1. The van der Waals surface area contributed by atoms with Crippen LogP contribution in [0.25, 0.3) is 17.3 Å². The number of aryl methyl sites for hydroxylation is 1. The fraction of sp³-hybridized carbons (Fsp3) is 0.0385. The second kappa shape index (κ2) is 7.90. The van der Waals surface area contributed by atoms with Crippen LogP contribution in [-0.4, -0.2) is 20.4 Å². The van der Waals surface area contributed by atoms with Gasteiger partial charge in [0.05, 0.1) is 17.1 Å². The van der Waals surface area contributed by atoms with Crippen molar-refractivity contribution in [3.05, 3.63) is 116 Å². The lowest BCUT2D eigenvalue weighted by Crippen LogP contribution is -2.16. The summed E-state index contributed by atoms with van der Waals surface area (Å²) >= 11 is 5.35. The third-order valence-corrected chi connectivity index (χ3v) is 5.72. The predicted octanol–water partition coefficient (Wildman–Crippen LogP) is 5.58. The highest BCUT2D eigenvalue weighted by Crippen LogP contribution is 2.38. The predicted molar refractivity (Wildman–Crippen MR) is 131 cm³/mol. The normalized spacial score (nSPS) is 13.8. The van der Waals surface area contributed by atoms with Gasteiger partial charge < -0.3 is 5.11 Å². The van der Waals surface area contributed by atoms with Crippen molar-refractivity contribution in [3.63, 3.8) is 0 Å². The number of aliphatic imine (C=N–C) groups is 1. The maximum atomic E-state index is 12.9. The van der Waals surface area contributed by atoms with Gasteiger partial charge >= 0.3 is 0 Å². The molecule has 1 aliphatic heterocycles. The number of H-pyrrole nitrogens is 1. The van der Waals surface area contributed by atoms with Crippen LogP contribution in [0.3, 0.4) is 0 Å². The van der Waals surface area contributed by atoms with Gasteiger partial charge in [-0.3, -0.25) is 14.3 Å². The molecule has 0 saturated heterocycles. The molecule has 3 aromatic carbocycles. The van der Waals surface area contributed by atoms with E-state index in [1.54, 1.807) is 6.08 Å². The maximum absolute atomic E-state index is 12.9. The van der Waals surface area contributed by atoms with Crippen molar-refractivity contribution in [3.8, 4) is 11.6 Å². The van der Waals surface area contributed by atoms with E-state index >= 15 is 0 Å². The van der Waals surface area contributed by atoms with Crippen LogP contribution in [0.5, 0.6) is 5.88 Å². The minimum atomic E-state index is -0.458. The number of hydrogen-bond acceptors (Lipinski definition) is 4. The van der Waals surface area contributed by atoms with Crippen molar-refractivity contribution in [2.45, 2.75) is 6.92 Å².